The fraction of sp³-hybridized carbons (Fsp3) is 0.909. The minimum atomic E-state index is 0.208. The van der Waals surface area contributed by atoms with Gasteiger partial charge in [-0.2, -0.15) is 0 Å². The normalized spacial score (nSPS) is 10.8. The summed E-state index contributed by atoms with van der Waals surface area (Å²) >= 11 is 0. The Hall–Kier alpha value is -0.860. The Balaban J connectivity index is 3.13. The second-order valence-electron chi connectivity index (χ2n) is 7.36. The maximum Gasteiger partial charge on any atom is 0.219 e. The predicted molar refractivity (Wildman–Crippen MR) is 108 cm³/mol. The Bertz CT molecular complexity index is 292. The Morgan fingerprint density at radius 1 is 0.680 bits per heavy atom. The molecule has 0 saturated heterocycles. The van der Waals surface area contributed by atoms with Gasteiger partial charge in [0.25, 0.3) is 0 Å². The van der Waals surface area contributed by atoms with Gasteiger partial charge in [0, 0.05) is 19.4 Å². The van der Waals surface area contributed by atoms with Crippen LogP contribution in [0, 0.1) is 0 Å². The third-order valence-electron chi connectivity index (χ3n) is 4.83. The van der Waals surface area contributed by atoms with Crippen LogP contribution in [0.4, 0.5) is 0 Å². The molecule has 0 aromatic heterocycles. The number of unbranched alkanes of at least 4 members (excludes halogenated alkanes) is 15. The van der Waals surface area contributed by atoms with Crippen LogP contribution in [0.2, 0.25) is 0 Å². The van der Waals surface area contributed by atoms with E-state index in [-0.39, 0.29) is 5.91 Å². The molecule has 0 aliphatic rings. The van der Waals surface area contributed by atoms with Crippen LogP contribution in [0.3, 0.4) is 0 Å². The summed E-state index contributed by atoms with van der Waals surface area (Å²) in [6, 6.07) is 0. The summed E-state index contributed by atoms with van der Waals surface area (Å²) in [5, 5.41) is 3.04. The lowest BCUT2D eigenvalue weighted by molar-refractivity contribution is -0.121. The van der Waals surface area contributed by atoms with E-state index in [0.717, 1.165) is 51.4 Å². The molecule has 0 saturated carbocycles. The SMILES string of the molecule is CCCCCCCCCCCCCNC(=O)CCCCCCCC=O. The van der Waals surface area contributed by atoms with Crippen molar-refractivity contribution in [1.82, 2.24) is 5.32 Å². The highest BCUT2D eigenvalue weighted by Crippen LogP contribution is 2.11. The van der Waals surface area contributed by atoms with E-state index in [1.165, 1.54) is 64.2 Å². The summed E-state index contributed by atoms with van der Waals surface area (Å²) in [5.41, 5.74) is 0. The molecule has 148 valence electrons. The first kappa shape index (κ1) is 24.1. The Morgan fingerprint density at radius 2 is 1.16 bits per heavy atom. The van der Waals surface area contributed by atoms with E-state index in [2.05, 4.69) is 12.2 Å². The van der Waals surface area contributed by atoms with Crippen molar-refractivity contribution in [3.63, 3.8) is 0 Å². The Labute approximate surface area is 156 Å². The molecule has 25 heavy (non-hydrogen) atoms. The van der Waals surface area contributed by atoms with Gasteiger partial charge in [0.05, 0.1) is 0 Å². The number of carbonyl (C=O) groups excluding carboxylic acids is 2. The average Bonchev–Trinajstić information content (AvgIpc) is 2.62. The molecule has 3 heteroatoms. The van der Waals surface area contributed by atoms with Crippen molar-refractivity contribution in [1.29, 1.82) is 0 Å². The molecular weight excluding hydrogens is 310 g/mol. The molecular formula is C22H43NO2. The van der Waals surface area contributed by atoms with Gasteiger partial charge in [-0.05, 0) is 19.3 Å². The largest absolute Gasteiger partial charge is 0.356 e. The monoisotopic (exact) mass is 353 g/mol. The number of nitrogens with one attached hydrogen (secondary N) is 1. The lowest BCUT2D eigenvalue weighted by atomic mass is 10.1. The maximum absolute atomic E-state index is 11.7. The molecule has 1 amide bonds. The predicted octanol–water partition coefficient (Wildman–Crippen LogP) is 6.34. The van der Waals surface area contributed by atoms with Gasteiger partial charge in [0.1, 0.15) is 6.29 Å². The van der Waals surface area contributed by atoms with Crippen LogP contribution in [0.1, 0.15) is 122 Å². The van der Waals surface area contributed by atoms with Gasteiger partial charge in [-0.3, -0.25) is 4.79 Å². The van der Waals surface area contributed by atoms with Gasteiger partial charge < -0.3 is 10.1 Å². The Kier molecular flexibility index (Phi) is 20.5. The van der Waals surface area contributed by atoms with Crippen LogP contribution < -0.4 is 5.32 Å². The zero-order valence-electron chi connectivity index (χ0n) is 16.8. The standard InChI is InChI=1S/C22H43NO2/c1-2-3-4-5-6-7-8-9-11-14-17-20-23-22(25)19-16-13-10-12-15-18-21-24/h21H,2-20H2,1H3,(H,23,25). The molecule has 0 fully saturated rings. The van der Waals surface area contributed by atoms with Crippen molar-refractivity contribution in [2.75, 3.05) is 6.54 Å². The van der Waals surface area contributed by atoms with Crippen LogP contribution >= 0.6 is 0 Å². The second-order valence-corrected chi connectivity index (χ2v) is 7.36. The van der Waals surface area contributed by atoms with Gasteiger partial charge in [-0.15, -0.1) is 0 Å². The number of carbonyl (C=O) groups is 2. The molecule has 0 aliphatic carbocycles. The number of hydrogen-bond acceptors (Lipinski definition) is 2. The smallest absolute Gasteiger partial charge is 0.219 e. The molecule has 0 spiro atoms. The van der Waals surface area contributed by atoms with E-state index in [1.807, 2.05) is 0 Å². The lowest BCUT2D eigenvalue weighted by Gasteiger charge is -2.06. The van der Waals surface area contributed by atoms with Gasteiger partial charge in [0.15, 0.2) is 0 Å². The minimum Gasteiger partial charge on any atom is -0.356 e. The van der Waals surface area contributed by atoms with E-state index in [0.29, 0.717) is 12.8 Å². The maximum atomic E-state index is 11.7. The molecule has 3 nitrogen and oxygen atoms in total. The summed E-state index contributed by atoms with van der Waals surface area (Å²) in [5.74, 6) is 0.208. The molecule has 0 rings (SSSR count). The van der Waals surface area contributed by atoms with Crippen LogP contribution in [-0.2, 0) is 9.59 Å². The molecule has 0 atom stereocenters. The molecule has 0 heterocycles. The van der Waals surface area contributed by atoms with Crippen molar-refractivity contribution >= 4 is 12.2 Å². The van der Waals surface area contributed by atoms with Gasteiger partial charge in [-0.25, -0.2) is 0 Å². The molecule has 0 aromatic carbocycles. The number of hydrogen-bond donors (Lipinski definition) is 1. The van der Waals surface area contributed by atoms with Crippen molar-refractivity contribution in [2.24, 2.45) is 0 Å². The van der Waals surface area contributed by atoms with E-state index in [1.54, 1.807) is 0 Å². The van der Waals surface area contributed by atoms with E-state index >= 15 is 0 Å². The number of rotatable bonds is 20. The highest BCUT2D eigenvalue weighted by Gasteiger charge is 2.00. The van der Waals surface area contributed by atoms with Gasteiger partial charge >= 0.3 is 0 Å². The fourth-order valence-electron chi connectivity index (χ4n) is 3.15. The summed E-state index contributed by atoms with van der Waals surface area (Å²) in [7, 11) is 0. The number of aldehydes is 1. The van der Waals surface area contributed by atoms with E-state index in [9.17, 15) is 9.59 Å². The van der Waals surface area contributed by atoms with E-state index in [4.69, 9.17) is 0 Å². The van der Waals surface area contributed by atoms with Gasteiger partial charge in [0.2, 0.25) is 5.91 Å². The third-order valence-corrected chi connectivity index (χ3v) is 4.83. The highest BCUT2D eigenvalue weighted by atomic mass is 16.1. The zero-order chi connectivity index (χ0) is 18.4. The molecule has 0 radical (unpaired) electrons. The first-order valence-electron chi connectivity index (χ1n) is 11.0. The van der Waals surface area contributed by atoms with Crippen molar-refractivity contribution < 1.29 is 9.59 Å². The van der Waals surface area contributed by atoms with Gasteiger partial charge in [-0.1, -0.05) is 90.4 Å². The minimum absolute atomic E-state index is 0.208. The number of amides is 1. The lowest BCUT2D eigenvalue weighted by Crippen LogP contribution is -2.23. The topological polar surface area (TPSA) is 46.2 Å². The quantitative estimate of drug-likeness (QED) is 0.205. The second kappa shape index (κ2) is 21.2. The van der Waals surface area contributed by atoms with Crippen molar-refractivity contribution in [3.8, 4) is 0 Å². The van der Waals surface area contributed by atoms with E-state index < -0.39 is 0 Å². The summed E-state index contributed by atoms with van der Waals surface area (Å²) in [6.45, 7) is 3.11. The third kappa shape index (κ3) is 21.1. The summed E-state index contributed by atoms with van der Waals surface area (Å²) < 4.78 is 0. The first-order valence-corrected chi connectivity index (χ1v) is 11.0. The summed E-state index contributed by atoms with van der Waals surface area (Å²) in [4.78, 5) is 21.9. The molecule has 0 unspecified atom stereocenters. The highest BCUT2D eigenvalue weighted by molar-refractivity contribution is 5.75. The van der Waals surface area contributed by atoms with Crippen molar-refractivity contribution in [3.05, 3.63) is 0 Å². The average molecular weight is 354 g/mol. The van der Waals surface area contributed by atoms with Crippen LogP contribution in [0.5, 0.6) is 0 Å². The molecule has 0 aromatic rings. The molecule has 0 bridgehead atoms. The molecule has 0 aliphatic heterocycles. The van der Waals surface area contributed by atoms with Crippen LogP contribution in [0.25, 0.3) is 0 Å². The van der Waals surface area contributed by atoms with Crippen LogP contribution in [-0.4, -0.2) is 18.7 Å². The molecule has 1 N–H and O–H groups in total. The Morgan fingerprint density at radius 3 is 1.72 bits per heavy atom. The first-order chi connectivity index (χ1) is 12.3. The van der Waals surface area contributed by atoms with Crippen molar-refractivity contribution in [2.45, 2.75) is 122 Å². The zero-order valence-corrected chi connectivity index (χ0v) is 16.8. The fourth-order valence-corrected chi connectivity index (χ4v) is 3.15. The summed E-state index contributed by atoms with van der Waals surface area (Å²) in [6.07, 6.45) is 22.4. The van der Waals surface area contributed by atoms with Crippen LogP contribution in [0.15, 0.2) is 0 Å².